The average molecular weight is 201 g/mol. The Bertz CT molecular complexity index is 320. The molecule has 3 rings (SSSR count). The topological polar surface area (TPSA) is 3.24 Å². The number of benzene rings is 1. The van der Waals surface area contributed by atoms with Gasteiger partial charge in [0.15, 0.2) is 0 Å². The molecule has 1 heterocycles. The Morgan fingerprint density at radius 3 is 2.47 bits per heavy atom. The highest BCUT2D eigenvalue weighted by molar-refractivity contribution is 5.15. The minimum atomic E-state index is 1.03. The van der Waals surface area contributed by atoms with Crippen molar-refractivity contribution in [1.29, 1.82) is 0 Å². The molecular weight excluding hydrogens is 182 g/mol. The van der Waals surface area contributed by atoms with E-state index in [1.807, 2.05) is 0 Å². The van der Waals surface area contributed by atoms with E-state index >= 15 is 0 Å². The van der Waals surface area contributed by atoms with Gasteiger partial charge in [-0.25, -0.2) is 0 Å². The number of hydrogen-bond donors (Lipinski definition) is 0. The van der Waals surface area contributed by atoms with Crippen molar-refractivity contribution in [1.82, 2.24) is 4.90 Å². The molecular formula is C14H19N. The van der Waals surface area contributed by atoms with Gasteiger partial charge in [-0.2, -0.15) is 0 Å². The van der Waals surface area contributed by atoms with Gasteiger partial charge in [0, 0.05) is 19.6 Å². The lowest BCUT2D eigenvalue weighted by molar-refractivity contribution is 0.293. The zero-order valence-corrected chi connectivity index (χ0v) is 9.39. The van der Waals surface area contributed by atoms with E-state index in [2.05, 4.69) is 42.2 Å². The van der Waals surface area contributed by atoms with E-state index in [1.54, 1.807) is 0 Å². The first kappa shape index (κ1) is 9.41. The highest BCUT2D eigenvalue weighted by Gasteiger charge is 2.52. The lowest BCUT2D eigenvalue weighted by Gasteiger charge is -2.18. The van der Waals surface area contributed by atoms with Crippen LogP contribution in [0.2, 0.25) is 0 Å². The van der Waals surface area contributed by atoms with Crippen molar-refractivity contribution in [2.45, 2.75) is 13.3 Å². The molecule has 15 heavy (non-hydrogen) atoms. The van der Waals surface area contributed by atoms with Crippen molar-refractivity contribution in [3.8, 4) is 0 Å². The van der Waals surface area contributed by atoms with Gasteiger partial charge in [0.2, 0.25) is 0 Å². The van der Waals surface area contributed by atoms with Crippen LogP contribution in [0.3, 0.4) is 0 Å². The first-order valence-corrected chi connectivity index (χ1v) is 6.11. The van der Waals surface area contributed by atoms with Crippen LogP contribution < -0.4 is 0 Å². The predicted molar refractivity (Wildman–Crippen MR) is 62.7 cm³/mol. The highest BCUT2D eigenvalue weighted by Crippen LogP contribution is 2.50. The summed E-state index contributed by atoms with van der Waals surface area (Å²) in [6.45, 7) is 6.38. The molecule has 0 amide bonds. The minimum Gasteiger partial charge on any atom is -0.302 e. The highest BCUT2D eigenvalue weighted by atomic mass is 15.2. The normalized spacial score (nSPS) is 34.1. The first-order valence-electron chi connectivity index (χ1n) is 6.11. The Morgan fingerprint density at radius 1 is 1.13 bits per heavy atom. The van der Waals surface area contributed by atoms with Crippen molar-refractivity contribution in [3.05, 3.63) is 35.9 Å². The van der Waals surface area contributed by atoms with E-state index in [1.165, 1.54) is 31.6 Å². The van der Waals surface area contributed by atoms with Crippen molar-refractivity contribution in [2.75, 3.05) is 19.6 Å². The molecule has 2 fully saturated rings. The fraction of sp³-hybridized carbons (Fsp3) is 0.571. The summed E-state index contributed by atoms with van der Waals surface area (Å²) in [4.78, 5) is 2.64. The minimum absolute atomic E-state index is 1.03. The second-order valence-corrected chi connectivity index (χ2v) is 5.18. The van der Waals surface area contributed by atoms with Gasteiger partial charge in [0.25, 0.3) is 0 Å². The van der Waals surface area contributed by atoms with Crippen molar-refractivity contribution in [2.24, 2.45) is 17.8 Å². The van der Waals surface area contributed by atoms with Crippen LogP contribution >= 0.6 is 0 Å². The van der Waals surface area contributed by atoms with E-state index in [9.17, 15) is 0 Å². The van der Waals surface area contributed by atoms with E-state index < -0.39 is 0 Å². The van der Waals surface area contributed by atoms with Gasteiger partial charge in [-0.3, -0.25) is 0 Å². The molecule has 0 aromatic heterocycles. The lowest BCUT2D eigenvalue weighted by Crippen LogP contribution is -2.26. The Balaban J connectivity index is 1.48. The third-order valence-electron chi connectivity index (χ3n) is 4.26. The van der Waals surface area contributed by atoms with Gasteiger partial charge in [-0.05, 0) is 29.7 Å². The Labute approximate surface area is 92.1 Å². The van der Waals surface area contributed by atoms with Crippen molar-refractivity contribution >= 4 is 0 Å². The standard InChI is InChI=1S/C14H19N/c1-11-13-9-15(10-14(11)13)8-7-12-5-3-2-4-6-12/h2-6,11,13-14H,7-10H2,1H3. The van der Waals surface area contributed by atoms with Crippen LogP contribution in [0, 0.1) is 17.8 Å². The fourth-order valence-electron chi connectivity index (χ4n) is 3.03. The molecule has 1 aliphatic heterocycles. The number of fused-ring (bicyclic) bond motifs is 1. The van der Waals surface area contributed by atoms with Gasteiger partial charge in [-0.15, -0.1) is 0 Å². The molecule has 1 aliphatic carbocycles. The summed E-state index contributed by atoms with van der Waals surface area (Å²) in [5, 5.41) is 0. The summed E-state index contributed by atoms with van der Waals surface area (Å²) in [6, 6.07) is 10.8. The summed E-state index contributed by atoms with van der Waals surface area (Å²) < 4.78 is 0. The molecule has 2 aliphatic rings. The van der Waals surface area contributed by atoms with Gasteiger partial charge >= 0.3 is 0 Å². The summed E-state index contributed by atoms with van der Waals surface area (Å²) in [5.74, 6) is 3.11. The third kappa shape index (κ3) is 1.81. The zero-order chi connectivity index (χ0) is 10.3. The van der Waals surface area contributed by atoms with Crippen LogP contribution in [0.25, 0.3) is 0 Å². The fourth-order valence-corrected chi connectivity index (χ4v) is 3.03. The van der Waals surface area contributed by atoms with Gasteiger partial charge in [0.1, 0.15) is 0 Å². The van der Waals surface area contributed by atoms with E-state index in [-0.39, 0.29) is 0 Å². The van der Waals surface area contributed by atoms with Crippen LogP contribution in [0.15, 0.2) is 30.3 Å². The Morgan fingerprint density at radius 2 is 1.80 bits per heavy atom. The van der Waals surface area contributed by atoms with Crippen LogP contribution in [0.5, 0.6) is 0 Å². The molecule has 2 unspecified atom stereocenters. The van der Waals surface area contributed by atoms with Crippen LogP contribution in [0.4, 0.5) is 0 Å². The molecule has 80 valence electrons. The number of hydrogen-bond acceptors (Lipinski definition) is 1. The maximum absolute atomic E-state index is 2.64. The summed E-state index contributed by atoms with van der Waals surface area (Å²) in [5.41, 5.74) is 1.48. The summed E-state index contributed by atoms with van der Waals surface area (Å²) in [6.07, 6.45) is 1.22. The monoisotopic (exact) mass is 201 g/mol. The zero-order valence-electron chi connectivity index (χ0n) is 9.39. The second-order valence-electron chi connectivity index (χ2n) is 5.18. The molecule has 1 saturated heterocycles. The molecule has 1 heteroatoms. The number of rotatable bonds is 3. The number of nitrogens with zero attached hydrogens (tertiary/aromatic N) is 1. The lowest BCUT2D eigenvalue weighted by atomic mass is 10.1. The molecule has 1 saturated carbocycles. The van der Waals surface area contributed by atoms with E-state index in [0.29, 0.717) is 0 Å². The van der Waals surface area contributed by atoms with Crippen molar-refractivity contribution < 1.29 is 0 Å². The quantitative estimate of drug-likeness (QED) is 0.726. The smallest absolute Gasteiger partial charge is 0.00221 e. The maximum Gasteiger partial charge on any atom is 0.00221 e. The van der Waals surface area contributed by atoms with Crippen LogP contribution in [0.1, 0.15) is 12.5 Å². The van der Waals surface area contributed by atoms with Crippen LogP contribution in [-0.2, 0) is 6.42 Å². The largest absolute Gasteiger partial charge is 0.302 e. The Hall–Kier alpha value is -0.820. The summed E-state index contributed by atoms with van der Waals surface area (Å²) >= 11 is 0. The van der Waals surface area contributed by atoms with E-state index in [0.717, 1.165) is 17.8 Å². The average Bonchev–Trinajstić information content (AvgIpc) is 2.74. The van der Waals surface area contributed by atoms with Gasteiger partial charge in [-0.1, -0.05) is 37.3 Å². The molecule has 0 spiro atoms. The molecule has 0 N–H and O–H groups in total. The second kappa shape index (κ2) is 3.64. The van der Waals surface area contributed by atoms with Crippen LogP contribution in [-0.4, -0.2) is 24.5 Å². The van der Waals surface area contributed by atoms with Crippen molar-refractivity contribution in [3.63, 3.8) is 0 Å². The third-order valence-corrected chi connectivity index (χ3v) is 4.26. The maximum atomic E-state index is 2.64. The molecule has 2 atom stereocenters. The molecule has 0 bridgehead atoms. The molecule has 1 nitrogen and oxygen atoms in total. The Kier molecular flexibility index (Phi) is 2.28. The number of piperidine rings is 1. The predicted octanol–water partition coefficient (Wildman–Crippen LogP) is 2.43. The molecule has 1 aromatic carbocycles. The van der Waals surface area contributed by atoms with E-state index in [4.69, 9.17) is 0 Å². The van der Waals surface area contributed by atoms with Gasteiger partial charge in [0.05, 0.1) is 0 Å². The SMILES string of the molecule is CC1C2CN(CCc3ccccc3)CC12. The summed E-state index contributed by atoms with van der Waals surface area (Å²) in [7, 11) is 0. The van der Waals surface area contributed by atoms with Gasteiger partial charge < -0.3 is 4.90 Å². The molecule has 0 radical (unpaired) electrons. The molecule has 1 aromatic rings. The number of likely N-dealkylation sites (tertiary alicyclic amines) is 1. The first-order chi connectivity index (χ1) is 7.34.